The van der Waals surface area contributed by atoms with E-state index in [2.05, 4.69) is 9.72 Å². The third-order valence-electron chi connectivity index (χ3n) is 5.85. The molecule has 0 aliphatic rings. The van der Waals surface area contributed by atoms with E-state index in [0.717, 1.165) is 47.6 Å². The van der Waals surface area contributed by atoms with Crippen molar-refractivity contribution in [2.75, 3.05) is 13.4 Å². The second-order valence-electron chi connectivity index (χ2n) is 8.59. The molecule has 8 nitrogen and oxygen atoms in total. The molecule has 41 heavy (non-hydrogen) atoms. The smallest absolute Gasteiger partial charge is 0.417 e. The van der Waals surface area contributed by atoms with Crippen molar-refractivity contribution >= 4 is 27.1 Å². The van der Waals surface area contributed by atoms with Gasteiger partial charge in [0, 0.05) is 29.6 Å². The van der Waals surface area contributed by atoms with Crippen molar-refractivity contribution in [3.63, 3.8) is 0 Å². The van der Waals surface area contributed by atoms with Gasteiger partial charge in [0.2, 0.25) is 0 Å². The Balaban J connectivity index is 1.93. The number of methoxy groups -OCH3 is 1. The van der Waals surface area contributed by atoms with E-state index in [9.17, 15) is 45.2 Å². The first kappa shape index (κ1) is 29.6. The molecule has 0 atom stereocenters. The van der Waals surface area contributed by atoms with Crippen molar-refractivity contribution in [1.29, 1.82) is 5.26 Å². The van der Waals surface area contributed by atoms with E-state index in [1.54, 1.807) is 0 Å². The van der Waals surface area contributed by atoms with Gasteiger partial charge in [0.15, 0.2) is 14.9 Å². The van der Waals surface area contributed by atoms with Gasteiger partial charge in [0.25, 0.3) is 5.56 Å². The van der Waals surface area contributed by atoms with Gasteiger partial charge in [-0.15, -0.1) is 11.3 Å². The number of hydrogen-bond donors (Lipinski definition) is 0. The Morgan fingerprint density at radius 2 is 1.85 bits per heavy atom. The summed E-state index contributed by atoms with van der Waals surface area (Å²) in [5.74, 6) is -2.96. The van der Waals surface area contributed by atoms with Crippen LogP contribution in [0, 0.1) is 23.0 Å². The van der Waals surface area contributed by atoms with Gasteiger partial charge in [-0.3, -0.25) is 4.79 Å². The summed E-state index contributed by atoms with van der Waals surface area (Å²) in [5, 5.41) is 10.3. The van der Waals surface area contributed by atoms with E-state index < -0.39 is 61.9 Å². The fraction of sp³-hybridized carbons (Fsp3) is 0.154. The molecule has 0 bridgehead atoms. The molecule has 0 aliphatic carbocycles. The number of hydrogen-bond acceptors (Lipinski definition) is 8. The maximum atomic E-state index is 14.4. The standard InChI is InChI=1S/C26H16F5N3O5S2/c1-39-25(36)17-5-14(10-33-23(17)41(2,37)38)15-6-22(40-12-15)21-8-19(26(29,30)31)18(9-32)24(35)34(21)11-13-3-4-16(27)7-20(13)28/h3-8,10,12H,11H2,1-2H3. The fourth-order valence-electron chi connectivity index (χ4n) is 3.94. The molecule has 212 valence electrons. The lowest BCUT2D eigenvalue weighted by molar-refractivity contribution is -0.137. The van der Waals surface area contributed by atoms with Crippen LogP contribution in [0.15, 0.2) is 57.8 Å². The van der Waals surface area contributed by atoms with Crippen LogP contribution < -0.4 is 5.56 Å². The van der Waals surface area contributed by atoms with Crippen LogP contribution in [0.4, 0.5) is 22.0 Å². The first-order chi connectivity index (χ1) is 19.1. The van der Waals surface area contributed by atoms with Crippen molar-refractivity contribution in [2.24, 2.45) is 0 Å². The molecule has 0 spiro atoms. The highest BCUT2D eigenvalue weighted by molar-refractivity contribution is 7.90. The van der Waals surface area contributed by atoms with Crippen molar-refractivity contribution in [3.8, 4) is 27.8 Å². The fourth-order valence-corrected chi connectivity index (χ4v) is 5.67. The van der Waals surface area contributed by atoms with Gasteiger partial charge in [-0.2, -0.15) is 18.4 Å². The summed E-state index contributed by atoms with van der Waals surface area (Å²) >= 11 is 0.874. The summed E-state index contributed by atoms with van der Waals surface area (Å²) in [5.41, 5.74) is -4.49. The molecule has 0 amide bonds. The van der Waals surface area contributed by atoms with Gasteiger partial charge >= 0.3 is 12.1 Å². The third kappa shape index (κ3) is 5.88. The minimum absolute atomic E-state index is 0.0708. The number of carbonyl (C=O) groups excluding carboxylic acids is 1. The average Bonchev–Trinajstić information content (AvgIpc) is 3.39. The number of pyridine rings is 2. The molecule has 15 heteroatoms. The highest BCUT2D eigenvalue weighted by atomic mass is 32.2. The van der Waals surface area contributed by atoms with Crippen LogP contribution in [0.1, 0.15) is 27.0 Å². The zero-order chi connectivity index (χ0) is 30.3. The molecule has 0 unspecified atom stereocenters. The van der Waals surface area contributed by atoms with Gasteiger partial charge in [0.05, 0.1) is 35.4 Å². The Hall–Kier alpha value is -4.42. The first-order valence-corrected chi connectivity index (χ1v) is 14.0. The van der Waals surface area contributed by atoms with Gasteiger partial charge in [-0.25, -0.2) is 27.0 Å². The number of ether oxygens (including phenoxy) is 1. The average molecular weight is 610 g/mol. The third-order valence-corrected chi connectivity index (χ3v) is 7.83. The highest BCUT2D eigenvalue weighted by Gasteiger charge is 2.37. The molecule has 0 fully saturated rings. The predicted molar refractivity (Wildman–Crippen MR) is 137 cm³/mol. The predicted octanol–water partition coefficient (Wildman–Crippen LogP) is 5.05. The second-order valence-corrected chi connectivity index (χ2v) is 11.4. The van der Waals surface area contributed by atoms with Crippen molar-refractivity contribution in [3.05, 3.63) is 92.2 Å². The van der Waals surface area contributed by atoms with E-state index in [1.165, 1.54) is 23.6 Å². The van der Waals surface area contributed by atoms with Gasteiger partial charge in [-0.1, -0.05) is 6.07 Å². The monoisotopic (exact) mass is 609 g/mol. The summed E-state index contributed by atoms with van der Waals surface area (Å²) in [4.78, 5) is 29.3. The molecule has 1 aromatic carbocycles. The van der Waals surface area contributed by atoms with Crippen LogP contribution >= 0.6 is 11.3 Å². The summed E-state index contributed by atoms with van der Waals surface area (Å²) in [6.07, 6.45) is -3.11. The Morgan fingerprint density at radius 1 is 1.15 bits per heavy atom. The number of aromatic nitrogens is 2. The number of halogens is 5. The van der Waals surface area contributed by atoms with Crippen molar-refractivity contribution < 1.29 is 39.9 Å². The Labute approximate surface area is 232 Å². The van der Waals surface area contributed by atoms with E-state index in [1.807, 2.05) is 0 Å². The van der Waals surface area contributed by atoms with Crippen LogP contribution in [-0.4, -0.2) is 37.3 Å². The number of nitrogens with zero attached hydrogens (tertiary/aromatic N) is 3. The summed E-state index contributed by atoms with van der Waals surface area (Å²) in [7, 11) is -2.89. The van der Waals surface area contributed by atoms with Gasteiger partial charge in [-0.05, 0) is 35.2 Å². The van der Waals surface area contributed by atoms with Crippen molar-refractivity contribution in [1.82, 2.24) is 9.55 Å². The molecule has 0 saturated heterocycles. The lowest BCUT2D eigenvalue weighted by Gasteiger charge is -2.17. The summed E-state index contributed by atoms with van der Waals surface area (Å²) < 4.78 is 98.9. The molecule has 0 N–H and O–H groups in total. The van der Waals surface area contributed by atoms with Gasteiger partial charge in [0.1, 0.15) is 23.3 Å². The molecule has 0 aliphatic heterocycles. The molecule has 3 heterocycles. The molecule has 3 aromatic heterocycles. The zero-order valence-corrected chi connectivity index (χ0v) is 22.5. The highest BCUT2D eigenvalue weighted by Crippen LogP contribution is 2.37. The number of thiophene rings is 1. The molecular weight excluding hydrogens is 593 g/mol. The normalized spacial score (nSPS) is 11.8. The maximum absolute atomic E-state index is 14.4. The number of rotatable bonds is 6. The number of nitriles is 1. The van der Waals surface area contributed by atoms with Crippen LogP contribution in [0.2, 0.25) is 0 Å². The molecule has 0 radical (unpaired) electrons. The van der Waals surface area contributed by atoms with Crippen molar-refractivity contribution in [2.45, 2.75) is 17.7 Å². The summed E-state index contributed by atoms with van der Waals surface area (Å²) in [6.45, 7) is -0.628. The Morgan fingerprint density at radius 3 is 2.44 bits per heavy atom. The van der Waals surface area contributed by atoms with E-state index in [0.29, 0.717) is 12.1 Å². The van der Waals surface area contributed by atoms with Crippen LogP contribution in [0.5, 0.6) is 0 Å². The Kier molecular flexibility index (Phi) is 7.83. The maximum Gasteiger partial charge on any atom is 0.417 e. The number of sulfone groups is 1. The number of esters is 1. The largest absolute Gasteiger partial charge is 0.465 e. The topological polar surface area (TPSA) is 119 Å². The first-order valence-electron chi connectivity index (χ1n) is 11.2. The van der Waals surface area contributed by atoms with Gasteiger partial charge < -0.3 is 9.30 Å². The van der Waals surface area contributed by atoms with E-state index in [4.69, 9.17) is 0 Å². The minimum Gasteiger partial charge on any atom is -0.465 e. The number of carbonyl (C=O) groups is 1. The zero-order valence-electron chi connectivity index (χ0n) is 20.9. The van der Waals surface area contributed by atoms with Crippen LogP contribution in [-0.2, 0) is 27.3 Å². The molecule has 4 rings (SSSR count). The number of benzene rings is 1. The van der Waals surface area contributed by atoms with Crippen LogP contribution in [0.25, 0.3) is 21.7 Å². The van der Waals surface area contributed by atoms with E-state index in [-0.39, 0.29) is 32.8 Å². The summed E-state index contributed by atoms with van der Waals surface area (Å²) in [6, 6.07) is 6.86. The minimum atomic E-state index is -5.08. The molecule has 4 aromatic rings. The quantitative estimate of drug-likeness (QED) is 0.222. The second kappa shape index (κ2) is 10.9. The number of alkyl halides is 3. The SMILES string of the molecule is COC(=O)c1cc(-c2csc(-c3cc(C(F)(F)F)c(C#N)c(=O)n3Cc3ccc(F)cc3F)c2)cnc1S(C)(=O)=O. The molecule has 0 saturated carbocycles. The van der Waals surface area contributed by atoms with E-state index >= 15 is 0 Å². The lowest BCUT2D eigenvalue weighted by Crippen LogP contribution is -2.28. The molecular formula is C26H16F5N3O5S2. The lowest BCUT2D eigenvalue weighted by atomic mass is 10.1. The Bertz CT molecular complexity index is 1910. The van der Waals surface area contributed by atoms with Crippen LogP contribution in [0.3, 0.4) is 0 Å².